The standard InChI is InChI=1S/C17H24N6O.ClH/c1-12(16(24)22-10-9-14(18)17(2,3)11-22)23-20-15(19-21-23)13-7-5-4-6-8-13;/h4-8,12,14H,9-11,18H2,1-3H3;1H. The number of nitrogens with two attached hydrogens (primary N) is 1. The minimum absolute atomic E-state index is 0. The molecule has 136 valence electrons. The zero-order chi connectivity index (χ0) is 17.3. The highest BCUT2D eigenvalue weighted by Crippen LogP contribution is 2.29. The van der Waals surface area contributed by atoms with Crippen LogP contribution in [0.3, 0.4) is 0 Å². The van der Waals surface area contributed by atoms with Gasteiger partial charge in [0, 0.05) is 24.7 Å². The molecule has 1 aliphatic heterocycles. The van der Waals surface area contributed by atoms with Gasteiger partial charge in [0.25, 0.3) is 0 Å². The molecule has 25 heavy (non-hydrogen) atoms. The van der Waals surface area contributed by atoms with Crippen molar-refractivity contribution in [3.63, 3.8) is 0 Å². The summed E-state index contributed by atoms with van der Waals surface area (Å²) in [6.07, 6.45) is 0.811. The quantitative estimate of drug-likeness (QED) is 0.898. The summed E-state index contributed by atoms with van der Waals surface area (Å²) in [6, 6.07) is 9.24. The number of tetrazole rings is 1. The molecule has 2 heterocycles. The second-order valence-corrected chi connectivity index (χ2v) is 7.12. The van der Waals surface area contributed by atoms with Crippen molar-refractivity contribution in [1.82, 2.24) is 25.1 Å². The number of halogens is 1. The van der Waals surface area contributed by atoms with Gasteiger partial charge in [0.15, 0.2) is 0 Å². The van der Waals surface area contributed by atoms with Crippen molar-refractivity contribution in [2.24, 2.45) is 11.1 Å². The van der Waals surface area contributed by atoms with Crippen molar-refractivity contribution < 1.29 is 4.79 Å². The maximum Gasteiger partial charge on any atom is 0.249 e. The van der Waals surface area contributed by atoms with Gasteiger partial charge in [-0.2, -0.15) is 4.80 Å². The van der Waals surface area contributed by atoms with Gasteiger partial charge in [0.1, 0.15) is 6.04 Å². The summed E-state index contributed by atoms with van der Waals surface area (Å²) in [5, 5.41) is 12.5. The van der Waals surface area contributed by atoms with E-state index in [1.807, 2.05) is 35.2 Å². The molecule has 1 fully saturated rings. The number of benzene rings is 1. The predicted molar refractivity (Wildman–Crippen MR) is 98.2 cm³/mol. The third kappa shape index (κ3) is 3.99. The van der Waals surface area contributed by atoms with Crippen LogP contribution in [0.5, 0.6) is 0 Å². The van der Waals surface area contributed by atoms with Gasteiger partial charge in [0.2, 0.25) is 11.7 Å². The molecule has 1 aromatic heterocycles. The predicted octanol–water partition coefficient (Wildman–Crippen LogP) is 1.91. The van der Waals surface area contributed by atoms with Crippen LogP contribution in [-0.2, 0) is 4.79 Å². The SMILES string of the molecule is CC(C(=O)N1CCC(N)C(C)(C)C1)n1nnc(-c2ccccc2)n1.Cl. The molecule has 1 saturated heterocycles. The van der Waals surface area contributed by atoms with Crippen LogP contribution >= 0.6 is 12.4 Å². The fraction of sp³-hybridized carbons (Fsp3) is 0.529. The summed E-state index contributed by atoms with van der Waals surface area (Å²) >= 11 is 0. The van der Waals surface area contributed by atoms with E-state index in [-0.39, 0.29) is 29.8 Å². The minimum atomic E-state index is -0.486. The molecule has 0 aliphatic carbocycles. The van der Waals surface area contributed by atoms with Crippen LogP contribution < -0.4 is 5.73 Å². The molecule has 0 saturated carbocycles. The smallest absolute Gasteiger partial charge is 0.249 e. The third-order valence-corrected chi connectivity index (χ3v) is 4.79. The monoisotopic (exact) mass is 364 g/mol. The number of nitrogens with zero attached hydrogens (tertiary/aromatic N) is 5. The van der Waals surface area contributed by atoms with E-state index in [0.29, 0.717) is 18.9 Å². The van der Waals surface area contributed by atoms with Gasteiger partial charge in [0.05, 0.1) is 0 Å². The molecule has 0 spiro atoms. The van der Waals surface area contributed by atoms with Crippen LogP contribution in [-0.4, -0.2) is 50.1 Å². The van der Waals surface area contributed by atoms with Crippen LogP contribution in [0.25, 0.3) is 11.4 Å². The second-order valence-electron chi connectivity index (χ2n) is 7.12. The Labute approximate surface area is 154 Å². The molecule has 1 aliphatic rings. The summed E-state index contributed by atoms with van der Waals surface area (Å²) in [5.74, 6) is 0.531. The van der Waals surface area contributed by atoms with Crippen LogP contribution in [0.15, 0.2) is 30.3 Å². The number of amides is 1. The number of piperidine rings is 1. The Morgan fingerprint density at radius 2 is 2.00 bits per heavy atom. The average molecular weight is 365 g/mol. The molecule has 7 nitrogen and oxygen atoms in total. The van der Waals surface area contributed by atoms with Crippen molar-refractivity contribution in [2.45, 2.75) is 39.3 Å². The van der Waals surface area contributed by atoms with Crippen molar-refractivity contribution in [3.8, 4) is 11.4 Å². The maximum absolute atomic E-state index is 12.8. The molecule has 2 unspecified atom stereocenters. The fourth-order valence-corrected chi connectivity index (χ4v) is 3.02. The lowest BCUT2D eigenvalue weighted by Gasteiger charge is -2.43. The van der Waals surface area contributed by atoms with Gasteiger partial charge in [-0.15, -0.1) is 22.6 Å². The largest absolute Gasteiger partial charge is 0.340 e. The van der Waals surface area contributed by atoms with Crippen LogP contribution in [0.2, 0.25) is 0 Å². The number of rotatable bonds is 3. The molecule has 3 rings (SSSR count). The molecule has 8 heteroatoms. The van der Waals surface area contributed by atoms with Crippen LogP contribution in [0.4, 0.5) is 0 Å². The number of carbonyl (C=O) groups excluding carboxylic acids is 1. The zero-order valence-electron chi connectivity index (χ0n) is 14.8. The third-order valence-electron chi connectivity index (χ3n) is 4.79. The Kier molecular flexibility index (Phi) is 5.80. The highest BCUT2D eigenvalue weighted by molar-refractivity contribution is 5.85. The summed E-state index contributed by atoms with van der Waals surface area (Å²) in [6.45, 7) is 7.33. The van der Waals surface area contributed by atoms with E-state index in [0.717, 1.165) is 12.0 Å². The molecule has 0 radical (unpaired) electrons. The first-order valence-corrected chi connectivity index (χ1v) is 8.28. The van der Waals surface area contributed by atoms with E-state index in [9.17, 15) is 4.79 Å². The van der Waals surface area contributed by atoms with Gasteiger partial charge >= 0.3 is 0 Å². The number of aromatic nitrogens is 4. The summed E-state index contributed by atoms with van der Waals surface area (Å²) < 4.78 is 0. The van der Waals surface area contributed by atoms with Crippen molar-refractivity contribution in [3.05, 3.63) is 30.3 Å². The van der Waals surface area contributed by atoms with Gasteiger partial charge < -0.3 is 10.6 Å². The normalized spacial score (nSPS) is 20.6. The average Bonchev–Trinajstić information content (AvgIpc) is 3.07. The van der Waals surface area contributed by atoms with E-state index < -0.39 is 6.04 Å². The summed E-state index contributed by atoms with van der Waals surface area (Å²) in [5.41, 5.74) is 6.95. The topological polar surface area (TPSA) is 89.9 Å². The van der Waals surface area contributed by atoms with Gasteiger partial charge in [-0.3, -0.25) is 4.79 Å². The van der Waals surface area contributed by atoms with Gasteiger partial charge in [-0.25, -0.2) is 0 Å². The van der Waals surface area contributed by atoms with Gasteiger partial charge in [-0.1, -0.05) is 44.2 Å². The second kappa shape index (κ2) is 7.49. The molecule has 2 aromatic rings. The first kappa shape index (κ1) is 19.3. The molecule has 2 atom stereocenters. The molecule has 1 aromatic carbocycles. The molecule has 0 bridgehead atoms. The Bertz CT molecular complexity index is 717. The Morgan fingerprint density at radius 1 is 1.32 bits per heavy atom. The van der Waals surface area contributed by atoms with E-state index in [1.165, 1.54) is 4.80 Å². The summed E-state index contributed by atoms with van der Waals surface area (Å²) in [4.78, 5) is 16.1. The Morgan fingerprint density at radius 3 is 2.64 bits per heavy atom. The minimum Gasteiger partial charge on any atom is -0.340 e. The first-order chi connectivity index (χ1) is 11.4. The number of likely N-dealkylation sites (tertiary alicyclic amines) is 1. The molecule has 2 N–H and O–H groups in total. The van der Waals surface area contributed by atoms with Crippen LogP contribution in [0, 0.1) is 5.41 Å². The number of hydrogen-bond acceptors (Lipinski definition) is 5. The van der Waals surface area contributed by atoms with Crippen molar-refractivity contribution >= 4 is 18.3 Å². The molecule has 1 amide bonds. The Balaban J connectivity index is 0.00000225. The lowest BCUT2D eigenvalue weighted by Crippen LogP contribution is -2.55. The fourth-order valence-electron chi connectivity index (χ4n) is 3.02. The zero-order valence-corrected chi connectivity index (χ0v) is 15.6. The van der Waals surface area contributed by atoms with E-state index in [4.69, 9.17) is 5.73 Å². The highest BCUT2D eigenvalue weighted by atomic mass is 35.5. The maximum atomic E-state index is 12.8. The lowest BCUT2D eigenvalue weighted by atomic mass is 9.79. The van der Waals surface area contributed by atoms with E-state index in [1.54, 1.807) is 6.92 Å². The molecular formula is C17H25ClN6O. The Hall–Kier alpha value is -1.99. The van der Waals surface area contributed by atoms with Crippen molar-refractivity contribution in [1.29, 1.82) is 0 Å². The van der Waals surface area contributed by atoms with Crippen molar-refractivity contribution in [2.75, 3.05) is 13.1 Å². The highest BCUT2D eigenvalue weighted by Gasteiger charge is 2.37. The first-order valence-electron chi connectivity index (χ1n) is 8.28. The number of hydrogen-bond donors (Lipinski definition) is 1. The van der Waals surface area contributed by atoms with E-state index >= 15 is 0 Å². The van der Waals surface area contributed by atoms with Crippen LogP contribution in [0.1, 0.15) is 33.2 Å². The summed E-state index contributed by atoms with van der Waals surface area (Å²) in [7, 11) is 0. The lowest BCUT2D eigenvalue weighted by molar-refractivity contribution is -0.138. The van der Waals surface area contributed by atoms with Gasteiger partial charge in [-0.05, 0) is 24.0 Å². The molecular weight excluding hydrogens is 340 g/mol. The van der Waals surface area contributed by atoms with E-state index in [2.05, 4.69) is 29.3 Å². The number of carbonyl (C=O) groups is 1.